The van der Waals surface area contributed by atoms with Crippen LogP contribution >= 0.6 is 0 Å². The molecule has 32 atom stereocenters. The van der Waals surface area contributed by atoms with Gasteiger partial charge in [0.1, 0.15) is 146 Å². The van der Waals surface area contributed by atoms with Crippen LogP contribution in [0.1, 0.15) is 233 Å². The highest BCUT2D eigenvalue weighted by atomic mass is 16.8. The Kier molecular flexibility index (Phi) is 49.6. The molecule has 6 fully saturated rings. The fraction of sp³-hybridized carbons (Fsp3) is 0.915. The van der Waals surface area contributed by atoms with E-state index in [0.717, 1.165) is 78.1 Å². The summed E-state index contributed by atoms with van der Waals surface area (Å²) in [6, 6.07) is -4.67. The topological polar surface area (TPSA) is 562 Å². The molecule has 0 aromatic carbocycles. The molecule has 0 bridgehead atoms. The largest absolute Gasteiger partial charge is 0.394 e. The number of nitrogens with one attached hydrogen (secondary N) is 3. The van der Waals surface area contributed by atoms with Crippen LogP contribution in [0.2, 0.25) is 0 Å². The minimum absolute atomic E-state index is 0.142. The molecule has 6 aliphatic heterocycles. The normalized spacial score (nSPS) is 36.0. The maximum atomic E-state index is 13.7. The van der Waals surface area contributed by atoms with E-state index in [-0.39, 0.29) is 12.3 Å². The number of aliphatic hydroxyl groups is 18. The zero-order valence-corrected chi connectivity index (χ0v) is 69.5. The van der Waals surface area contributed by atoms with Gasteiger partial charge in [-0.15, -0.1) is 0 Å². The van der Waals surface area contributed by atoms with E-state index in [9.17, 15) is 106 Å². The first-order valence-corrected chi connectivity index (χ1v) is 43.6. The summed E-state index contributed by atoms with van der Waals surface area (Å²) in [7, 11) is 0. The predicted octanol–water partition coefficient (Wildman–Crippen LogP) is -0.307. The molecule has 688 valence electrons. The summed E-state index contributed by atoms with van der Waals surface area (Å²) in [4.78, 5) is 39.5. The number of carbonyl (C=O) groups excluding carboxylic acids is 3. The number of allylic oxidation sites excluding steroid dienone is 3. The molecule has 3 amide bonds. The number of amides is 3. The van der Waals surface area contributed by atoms with Crippen molar-refractivity contribution < 1.29 is 163 Å². The lowest BCUT2D eigenvalue weighted by atomic mass is 9.94. The zero-order chi connectivity index (χ0) is 86.2. The number of unbranched alkanes of at least 4 members (excludes halogenated alkanes) is 28. The van der Waals surface area contributed by atoms with Crippen LogP contribution in [-0.2, 0) is 71.2 Å². The summed E-state index contributed by atoms with van der Waals surface area (Å²) in [6.45, 7) is 0.210. The van der Waals surface area contributed by atoms with Gasteiger partial charge in [0.2, 0.25) is 17.7 Å². The van der Waals surface area contributed by atoms with E-state index in [4.69, 9.17) is 56.8 Å². The van der Waals surface area contributed by atoms with Gasteiger partial charge in [0.15, 0.2) is 37.7 Å². The molecule has 0 saturated carbocycles. The lowest BCUT2D eigenvalue weighted by molar-refractivity contribution is -0.385. The van der Waals surface area contributed by atoms with Crippen molar-refractivity contribution in [2.24, 2.45) is 0 Å². The van der Waals surface area contributed by atoms with Crippen LogP contribution in [-0.4, -0.2) is 352 Å². The average molecular weight is 1700 g/mol. The summed E-state index contributed by atoms with van der Waals surface area (Å²) < 4.78 is 71.5. The van der Waals surface area contributed by atoms with Gasteiger partial charge >= 0.3 is 0 Å². The molecule has 21 N–H and O–H groups in total. The van der Waals surface area contributed by atoms with Gasteiger partial charge in [-0.25, -0.2) is 0 Å². The molecule has 6 heterocycles. The van der Waals surface area contributed by atoms with Gasteiger partial charge in [0, 0.05) is 20.3 Å². The van der Waals surface area contributed by atoms with Gasteiger partial charge in [-0.1, -0.05) is 192 Å². The summed E-state index contributed by atoms with van der Waals surface area (Å²) in [5, 5.41) is 208. The molecule has 12 unspecified atom stereocenters. The second-order valence-corrected chi connectivity index (χ2v) is 32.5. The third-order valence-corrected chi connectivity index (χ3v) is 22.9. The number of hydrogen-bond acceptors (Lipinski definition) is 33. The Hall–Kier alpha value is -3.31. The SMILES string of the molecule is CCCCCCCC/C=C\CCCCCCCCCCCCCC(=O)N[C@@H](CO[C@@H]1OC(CO)[C@@H](O[C@@H]2OC(CO[C@@H]3OC(CO)[C@@H](O[C@@H]4OC(CO)[C@H](O)[C@H](O)C4O)[C@H](O)C3NC(C)=O)[C@H](O)[C@H](O[C@@H]3OC(CO)[C@@H](O[C@@H]4OC(CO)[C@H](O)[C@H](O)C4O)[C@H](O)C3NC(C)=O)C2O)[C@H](O)C1O)[C@H](O)/C=C/CCCCCCCCCCCCC. The predicted molar refractivity (Wildman–Crippen MR) is 421 cm³/mol. The Morgan fingerprint density at radius 1 is 0.339 bits per heavy atom. The number of carbonyl (C=O) groups is 3. The van der Waals surface area contributed by atoms with Crippen LogP contribution in [0.3, 0.4) is 0 Å². The van der Waals surface area contributed by atoms with Crippen molar-refractivity contribution in [2.45, 2.75) is 429 Å². The van der Waals surface area contributed by atoms with Crippen LogP contribution in [0.4, 0.5) is 0 Å². The van der Waals surface area contributed by atoms with Crippen molar-refractivity contribution in [3.05, 3.63) is 24.3 Å². The summed E-state index contributed by atoms with van der Waals surface area (Å²) in [5.74, 6) is -2.06. The Labute approximate surface area is 694 Å². The first-order valence-electron chi connectivity index (χ1n) is 43.6. The summed E-state index contributed by atoms with van der Waals surface area (Å²) >= 11 is 0. The fourth-order valence-corrected chi connectivity index (χ4v) is 15.8. The molecule has 36 nitrogen and oxygen atoms in total. The molecule has 6 aliphatic rings. The van der Waals surface area contributed by atoms with Gasteiger partial charge < -0.3 is 165 Å². The lowest BCUT2D eigenvalue weighted by Crippen LogP contribution is -2.70. The Morgan fingerprint density at radius 3 is 1.10 bits per heavy atom. The molecule has 0 aliphatic carbocycles. The van der Waals surface area contributed by atoms with Crippen molar-refractivity contribution in [3.63, 3.8) is 0 Å². The van der Waals surface area contributed by atoms with Gasteiger partial charge in [-0.2, -0.15) is 0 Å². The minimum Gasteiger partial charge on any atom is -0.394 e. The molecule has 6 rings (SSSR count). The van der Waals surface area contributed by atoms with Crippen LogP contribution in [0.5, 0.6) is 0 Å². The molecular weight excluding hydrogens is 1550 g/mol. The number of ether oxygens (including phenoxy) is 12. The highest BCUT2D eigenvalue weighted by Crippen LogP contribution is 2.37. The van der Waals surface area contributed by atoms with E-state index in [1.165, 1.54) is 122 Å². The third-order valence-electron chi connectivity index (χ3n) is 22.9. The van der Waals surface area contributed by atoms with E-state index in [2.05, 4.69) is 41.9 Å². The smallest absolute Gasteiger partial charge is 0.220 e. The number of aliphatic hydroxyl groups excluding tert-OH is 18. The second-order valence-electron chi connectivity index (χ2n) is 32.5. The Morgan fingerprint density at radius 2 is 0.678 bits per heavy atom. The molecule has 0 spiro atoms. The molecule has 0 aromatic rings. The molecule has 0 radical (unpaired) electrons. The summed E-state index contributed by atoms with van der Waals surface area (Å²) in [5.41, 5.74) is 0. The molecule has 36 heteroatoms. The Balaban J connectivity index is 1.16. The van der Waals surface area contributed by atoms with Crippen molar-refractivity contribution in [3.8, 4) is 0 Å². The first kappa shape index (κ1) is 103. The maximum Gasteiger partial charge on any atom is 0.220 e. The zero-order valence-electron chi connectivity index (χ0n) is 69.5. The number of rotatable bonds is 57. The minimum atomic E-state index is -2.32. The number of hydrogen-bond donors (Lipinski definition) is 21. The van der Waals surface area contributed by atoms with Gasteiger partial charge in [-0.3, -0.25) is 14.4 Å². The van der Waals surface area contributed by atoms with Crippen molar-refractivity contribution in [2.75, 3.05) is 46.2 Å². The van der Waals surface area contributed by atoms with Crippen molar-refractivity contribution >= 4 is 17.7 Å². The molecule has 0 aromatic heterocycles. The highest BCUT2D eigenvalue weighted by Gasteiger charge is 2.58. The standard InChI is InChI=1S/C82H147N3O33/c1-5-7-9-11-13-15-17-19-20-21-22-23-24-25-26-28-30-32-34-36-38-40-58(94)85-50(51(93)39-37-35-33-31-29-27-18-16-14-12-10-8-6-2)46-107-79-71(105)68(102)75(56(45-90)113-79)117-82-72(106)76(118-78-60(84-49(4)92)65(99)74(55(44-89)112-78)116-81-70(104)67(101)62(96)53(42-87)110-81)63(97)57(114-82)47-108-77-59(83-48(3)91)64(98)73(54(43-88)111-77)115-80-69(103)66(100)61(95)52(41-86)109-80/h19-20,37,39,50-57,59-82,86-90,93,95-106H,5-18,21-36,38,40-47H2,1-4H3,(H,83,91)(H,84,92)(H,85,94)/b20-19-,39-37+/t50-,51+,52?,53?,54?,55?,56?,57?,59?,60?,61-,62-,63-,64+,65+,66-,67-,68+,69?,70?,71?,72?,73+,74+,75+,76-,77+,78-,79+,80-,81-,82-/m0/s1. The van der Waals surface area contributed by atoms with Crippen LogP contribution in [0.15, 0.2) is 24.3 Å². The van der Waals surface area contributed by atoms with Crippen molar-refractivity contribution in [1.82, 2.24) is 16.0 Å². The van der Waals surface area contributed by atoms with E-state index < -0.39 is 254 Å². The lowest BCUT2D eigenvalue weighted by Gasteiger charge is -2.50. The van der Waals surface area contributed by atoms with Gasteiger partial charge in [-0.05, 0) is 44.9 Å². The van der Waals surface area contributed by atoms with E-state index >= 15 is 0 Å². The maximum absolute atomic E-state index is 13.7. The van der Waals surface area contributed by atoms with Crippen molar-refractivity contribution in [1.29, 1.82) is 0 Å². The van der Waals surface area contributed by atoms with E-state index in [0.29, 0.717) is 12.8 Å². The summed E-state index contributed by atoms with van der Waals surface area (Å²) in [6.07, 6.45) is -11.8. The first-order chi connectivity index (χ1) is 56.8. The monoisotopic (exact) mass is 1700 g/mol. The average Bonchev–Trinajstić information content (AvgIpc) is 0.775. The van der Waals surface area contributed by atoms with Gasteiger partial charge in [0.05, 0.1) is 58.4 Å². The quantitative estimate of drug-likeness (QED) is 0.0274. The molecular formula is C82H147N3O33. The second kappa shape index (κ2) is 56.6. The van der Waals surface area contributed by atoms with Crippen LogP contribution in [0.25, 0.3) is 0 Å². The Bertz CT molecular complexity index is 2750. The molecule has 118 heavy (non-hydrogen) atoms. The highest BCUT2D eigenvalue weighted by molar-refractivity contribution is 5.76. The van der Waals surface area contributed by atoms with Crippen LogP contribution in [0, 0.1) is 0 Å². The molecule has 6 saturated heterocycles. The third kappa shape index (κ3) is 32.9. The van der Waals surface area contributed by atoms with Crippen LogP contribution < -0.4 is 16.0 Å². The van der Waals surface area contributed by atoms with E-state index in [1.54, 1.807) is 6.08 Å². The van der Waals surface area contributed by atoms with Gasteiger partial charge in [0.25, 0.3) is 0 Å². The fourth-order valence-electron chi connectivity index (χ4n) is 15.8. The van der Waals surface area contributed by atoms with E-state index in [1.807, 2.05) is 6.08 Å².